The third-order valence-electron chi connectivity index (χ3n) is 12.8. The van der Waals surface area contributed by atoms with Gasteiger partial charge in [0.05, 0.1) is 0 Å². The summed E-state index contributed by atoms with van der Waals surface area (Å²) >= 11 is 0. The molecule has 11 aromatic carbocycles. The molecule has 0 N–H and O–H groups in total. The topological polar surface area (TPSA) is 0 Å². The molecule has 0 unspecified atom stereocenters. The van der Waals surface area contributed by atoms with Gasteiger partial charge in [-0.05, 0) is 152 Å². The molecule has 0 aromatic heterocycles. The first-order chi connectivity index (χ1) is 30.8. The van der Waals surface area contributed by atoms with Crippen molar-refractivity contribution in [3.8, 4) is 100 Å². The minimum Gasteiger partial charge on any atom is -0.0622 e. The van der Waals surface area contributed by atoms with Crippen molar-refractivity contribution in [2.45, 2.75) is 0 Å². The van der Waals surface area contributed by atoms with Crippen molar-refractivity contribution < 1.29 is 0 Å². The minimum atomic E-state index is 1.21. The average molecular weight is 785 g/mol. The predicted octanol–water partition coefficient (Wildman–Crippen LogP) is 17.3. The summed E-state index contributed by atoms with van der Waals surface area (Å²) in [5.74, 6) is 0. The molecule has 0 heteroatoms. The molecule has 0 fully saturated rings. The molecule has 0 spiro atoms. The Labute approximate surface area is 362 Å². The Hall–Kier alpha value is -8.06. The van der Waals surface area contributed by atoms with E-state index in [4.69, 9.17) is 0 Å². The van der Waals surface area contributed by atoms with Crippen LogP contribution in [0, 0.1) is 0 Å². The molecule has 11 aromatic rings. The highest BCUT2D eigenvalue weighted by molar-refractivity contribution is 6.29. The third kappa shape index (κ3) is 5.92. The summed E-state index contributed by atoms with van der Waals surface area (Å²) in [6.07, 6.45) is 0. The fraction of sp³-hybridized carbons (Fsp3) is 0. The minimum absolute atomic E-state index is 1.21. The van der Waals surface area contributed by atoms with Crippen LogP contribution < -0.4 is 0 Å². The third-order valence-corrected chi connectivity index (χ3v) is 12.8. The van der Waals surface area contributed by atoms with Crippen LogP contribution in [0.25, 0.3) is 122 Å². The maximum absolute atomic E-state index is 2.48. The molecular formula is C62H40. The van der Waals surface area contributed by atoms with Gasteiger partial charge in [0.15, 0.2) is 0 Å². The van der Waals surface area contributed by atoms with Crippen LogP contribution in [0.1, 0.15) is 0 Å². The predicted molar refractivity (Wildman–Crippen MR) is 264 cm³/mol. The standard InChI is InChI=1S/C62H40/c1-7-20-41(21-8-1)47-36-48(42-22-9-2-10-23-42)38-49(37-47)50-34-35-53-60-51(50)32-19-33-52(60)61-58(45-28-15-5-16-29-45)56-39-54(43-24-11-3-12-25-43)55(44-26-13-4-14-27-44)40-57(56)59(62(53)61)46-30-17-6-18-31-46/h1-40H. The summed E-state index contributed by atoms with van der Waals surface area (Å²) < 4.78 is 0. The van der Waals surface area contributed by atoms with Gasteiger partial charge in [-0.1, -0.05) is 212 Å². The van der Waals surface area contributed by atoms with Gasteiger partial charge in [-0.15, -0.1) is 0 Å². The Morgan fingerprint density at radius 3 is 0.952 bits per heavy atom. The van der Waals surface area contributed by atoms with Gasteiger partial charge >= 0.3 is 0 Å². The molecule has 0 heterocycles. The molecular weight excluding hydrogens is 745 g/mol. The summed E-state index contributed by atoms with van der Waals surface area (Å²) in [5, 5.41) is 5.07. The zero-order valence-corrected chi connectivity index (χ0v) is 34.1. The lowest BCUT2D eigenvalue weighted by Gasteiger charge is -2.23. The summed E-state index contributed by atoms with van der Waals surface area (Å²) in [6.45, 7) is 0. The van der Waals surface area contributed by atoms with Gasteiger partial charge < -0.3 is 0 Å². The van der Waals surface area contributed by atoms with Crippen LogP contribution in [0.3, 0.4) is 0 Å². The second-order valence-corrected chi connectivity index (χ2v) is 16.3. The van der Waals surface area contributed by atoms with E-state index in [9.17, 15) is 0 Å². The Morgan fingerprint density at radius 2 is 0.516 bits per heavy atom. The highest BCUT2D eigenvalue weighted by Crippen LogP contribution is 2.59. The SMILES string of the molecule is c1ccc(-c2cc(-c3ccccc3)cc(-c3ccc4c5c(cccc35)-c3c-4c(-c4ccccc4)c4cc(-c5ccccc5)c(-c5ccccc5)cc4c3-c3ccccc3)c2)cc1. The van der Waals surface area contributed by atoms with Crippen LogP contribution in [0.15, 0.2) is 243 Å². The summed E-state index contributed by atoms with van der Waals surface area (Å²) in [7, 11) is 0. The van der Waals surface area contributed by atoms with Gasteiger partial charge in [0, 0.05) is 0 Å². The second-order valence-electron chi connectivity index (χ2n) is 16.3. The van der Waals surface area contributed by atoms with E-state index < -0.39 is 0 Å². The van der Waals surface area contributed by atoms with Gasteiger partial charge in [-0.2, -0.15) is 0 Å². The Balaban J connectivity index is 1.20. The van der Waals surface area contributed by atoms with Gasteiger partial charge in [-0.3, -0.25) is 0 Å². The first-order valence-corrected chi connectivity index (χ1v) is 21.5. The summed E-state index contributed by atoms with van der Waals surface area (Å²) in [4.78, 5) is 0. The molecule has 288 valence electrons. The molecule has 1 aliphatic carbocycles. The van der Waals surface area contributed by atoms with E-state index in [1.165, 1.54) is 122 Å². The highest BCUT2D eigenvalue weighted by atomic mass is 14.3. The quantitative estimate of drug-likeness (QED) is 0.151. The molecule has 12 rings (SSSR count). The van der Waals surface area contributed by atoms with Gasteiger partial charge in [0.1, 0.15) is 0 Å². The second kappa shape index (κ2) is 14.9. The van der Waals surface area contributed by atoms with Crippen LogP contribution in [-0.4, -0.2) is 0 Å². The highest BCUT2D eigenvalue weighted by Gasteiger charge is 2.32. The van der Waals surface area contributed by atoms with Gasteiger partial charge in [0.25, 0.3) is 0 Å². The molecule has 0 saturated heterocycles. The van der Waals surface area contributed by atoms with E-state index in [0.29, 0.717) is 0 Å². The van der Waals surface area contributed by atoms with E-state index in [-0.39, 0.29) is 0 Å². The largest absolute Gasteiger partial charge is 0.0622 e. The van der Waals surface area contributed by atoms with E-state index in [2.05, 4.69) is 243 Å². The molecule has 0 saturated carbocycles. The van der Waals surface area contributed by atoms with Crippen molar-refractivity contribution in [1.29, 1.82) is 0 Å². The smallest absolute Gasteiger partial charge is 0.000740 e. The molecule has 0 atom stereocenters. The maximum atomic E-state index is 2.48. The summed E-state index contributed by atoms with van der Waals surface area (Å²) in [6, 6.07) is 89.3. The number of benzene rings is 11. The van der Waals surface area contributed by atoms with E-state index in [1.807, 2.05) is 0 Å². The van der Waals surface area contributed by atoms with Crippen LogP contribution >= 0.6 is 0 Å². The summed E-state index contributed by atoms with van der Waals surface area (Å²) in [5.41, 5.74) is 22.3. The van der Waals surface area contributed by atoms with Crippen molar-refractivity contribution >= 4 is 21.5 Å². The molecule has 62 heavy (non-hydrogen) atoms. The van der Waals surface area contributed by atoms with Crippen molar-refractivity contribution in [1.82, 2.24) is 0 Å². The fourth-order valence-corrected chi connectivity index (χ4v) is 10.0. The van der Waals surface area contributed by atoms with E-state index in [1.54, 1.807) is 0 Å². The number of rotatable bonds is 7. The lowest BCUT2D eigenvalue weighted by atomic mass is 9.80. The zero-order valence-electron chi connectivity index (χ0n) is 34.1. The Bertz CT molecular complexity index is 3250. The van der Waals surface area contributed by atoms with Gasteiger partial charge in [0.2, 0.25) is 0 Å². The fourth-order valence-electron chi connectivity index (χ4n) is 10.0. The van der Waals surface area contributed by atoms with Crippen molar-refractivity contribution in [3.05, 3.63) is 243 Å². The maximum Gasteiger partial charge on any atom is -0.000740 e. The lowest BCUT2D eigenvalue weighted by Crippen LogP contribution is -1.96. The molecule has 0 radical (unpaired) electrons. The van der Waals surface area contributed by atoms with Crippen LogP contribution in [0.5, 0.6) is 0 Å². The number of fused-ring (bicyclic) bond motifs is 4. The van der Waals surface area contributed by atoms with E-state index in [0.717, 1.165) is 0 Å². The molecule has 0 amide bonds. The molecule has 0 nitrogen and oxygen atoms in total. The first-order valence-electron chi connectivity index (χ1n) is 21.5. The normalized spacial score (nSPS) is 11.5. The zero-order chi connectivity index (χ0) is 41.0. The van der Waals surface area contributed by atoms with Crippen LogP contribution in [-0.2, 0) is 0 Å². The van der Waals surface area contributed by atoms with Crippen molar-refractivity contribution in [2.75, 3.05) is 0 Å². The van der Waals surface area contributed by atoms with Crippen molar-refractivity contribution in [2.24, 2.45) is 0 Å². The molecule has 1 aliphatic rings. The lowest BCUT2D eigenvalue weighted by molar-refractivity contribution is 1.58. The number of hydrogen-bond donors (Lipinski definition) is 0. The van der Waals surface area contributed by atoms with Crippen molar-refractivity contribution in [3.63, 3.8) is 0 Å². The van der Waals surface area contributed by atoms with Gasteiger partial charge in [-0.25, -0.2) is 0 Å². The van der Waals surface area contributed by atoms with E-state index >= 15 is 0 Å². The van der Waals surface area contributed by atoms with Crippen LogP contribution in [0.2, 0.25) is 0 Å². The first kappa shape index (κ1) is 35.8. The molecule has 0 bridgehead atoms. The molecule has 0 aliphatic heterocycles. The average Bonchev–Trinajstić information content (AvgIpc) is 3.69. The Kier molecular flexibility index (Phi) is 8.61. The monoisotopic (exact) mass is 784 g/mol. The number of hydrogen-bond acceptors (Lipinski definition) is 0. The Morgan fingerprint density at radius 1 is 0.161 bits per heavy atom. The van der Waals surface area contributed by atoms with Crippen LogP contribution in [0.4, 0.5) is 0 Å².